The average molecular weight is 468 g/mol. The molecule has 10 nitrogen and oxygen atoms in total. The van der Waals surface area contributed by atoms with Gasteiger partial charge in [0.15, 0.2) is 11.7 Å². The van der Waals surface area contributed by atoms with Crippen LogP contribution in [0.2, 0.25) is 0 Å². The molecule has 3 N–H and O–H groups in total. The smallest absolute Gasteiger partial charge is 0.260 e. The minimum absolute atomic E-state index is 0. The molecule has 5 rings (SSSR count). The van der Waals surface area contributed by atoms with Gasteiger partial charge in [0.2, 0.25) is 0 Å². The van der Waals surface area contributed by atoms with Crippen LogP contribution in [0.3, 0.4) is 0 Å². The third kappa shape index (κ3) is 4.05. The predicted octanol–water partition coefficient (Wildman–Crippen LogP) is 4.65. The van der Waals surface area contributed by atoms with Gasteiger partial charge in [-0.3, -0.25) is 15.1 Å². The molecule has 35 heavy (non-hydrogen) atoms. The molecule has 0 unspecified atom stereocenters. The first-order valence-corrected chi connectivity index (χ1v) is 11.1. The van der Waals surface area contributed by atoms with Crippen LogP contribution in [0.25, 0.3) is 22.6 Å². The molecule has 1 amide bonds. The lowest BCUT2D eigenvalue weighted by Crippen LogP contribution is -2.24. The Hall–Kier alpha value is -4.73. The zero-order chi connectivity index (χ0) is 24.5. The maximum Gasteiger partial charge on any atom is 0.260 e. The standard InChI is InChI=1S/C25H23N9O.H2/c1-15(2)34-14-28-31-24(34)21-4-3-5-22(29-21)33-13-19-11-10-18(12-20(19)25(33)35)16-6-8-17(9-7-16)23(26)30-32-27;/h3-12,14-15H,13H2,1-2H3,(H3,26,27,30);1H. The van der Waals surface area contributed by atoms with Crippen LogP contribution in [-0.2, 0) is 6.54 Å². The van der Waals surface area contributed by atoms with Crippen LogP contribution in [0.4, 0.5) is 5.82 Å². The number of benzene rings is 2. The lowest BCUT2D eigenvalue weighted by molar-refractivity contribution is 0.0996. The number of nitrogens with zero attached hydrogens (tertiary/aromatic N) is 7. The van der Waals surface area contributed by atoms with Crippen molar-refractivity contribution in [2.75, 3.05) is 4.90 Å². The quantitative estimate of drug-likeness (QED) is 0.145. The first-order valence-electron chi connectivity index (χ1n) is 11.1. The maximum absolute atomic E-state index is 13.4. The Morgan fingerprint density at radius 2 is 1.89 bits per heavy atom. The van der Waals surface area contributed by atoms with Crippen LogP contribution in [0.15, 0.2) is 77.3 Å². The first kappa shape index (κ1) is 22.1. The van der Waals surface area contributed by atoms with Crippen molar-refractivity contribution in [2.45, 2.75) is 26.4 Å². The third-order valence-corrected chi connectivity index (χ3v) is 5.93. The minimum Gasteiger partial charge on any atom is -0.310 e. The maximum atomic E-state index is 13.4. The van der Waals surface area contributed by atoms with Crippen LogP contribution in [0.1, 0.15) is 42.8 Å². The monoisotopic (exact) mass is 467 g/mol. The number of aromatic nitrogens is 4. The summed E-state index contributed by atoms with van der Waals surface area (Å²) in [6, 6.07) is 18.9. The van der Waals surface area contributed by atoms with Gasteiger partial charge < -0.3 is 10.4 Å². The summed E-state index contributed by atoms with van der Waals surface area (Å²) in [5.41, 5.74) is 4.69. The summed E-state index contributed by atoms with van der Waals surface area (Å²) in [6.45, 7) is 4.55. The van der Waals surface area contributed by atoms with E-state index in [0.29, 0.717) is 35.0 Å². The van der Waals surface area contributed by atoms with Crippen LogP contribution < -0.4 is 10.7 Å². The van der Waals surface area contributed by atoms with Gasteiger partial charge in [-0.2, -0.15) is 0 Å². The Balaban J connectivity index is 0.00000304. The van der Waals surface area contributed by atoms with Gasteiger partial charge in [-0.15, -0.1) is 15.3 Å². The summed E-state index contributed by atoms with van der Waals surface area (Å²) in [5.74, 6) is 6.15. The molecule has 3 heterocycles. The van der Waals surface area contributed by atoms with Crippen LogP contribution >= 0.6 is 0 Å². The molecule has 4 aromatic rings. The largest absolute Gasteiger partial charge is 0.310 e. The van der Waals surface area contributed by atoms with Crippen molar-refractivity contribution in [1.82, 2.24) is 19.7 Å². The van der Waals surface area contributed by atoms with Crippen LogP contribution in [-0.4, -0.2) is 31.5 Å². The van der Waals surface area contributed by atoms with E-state index in [1.807, 2.05) is 53.1 Å². The van der Waals surface area contributed by atoms with Gasteiger partial charge >= 0.3 is 0 Å². The van der Waals surface area contributed by atoms with Gasteiger partial charge in [-0.05, 0) is 48.7 Å². The van der Waals surface area contributed by atoms with E-state index in [9.17, 15) is 4.79 Å². The molecule has 1 aliphatic heterocycles. The average Bonchev–Trinajstić information content (AvgIpc) is 3.50. The summed E-state index contributed by atoms with van der Waals surface area (Å²) in [4.78, 5) is 19.8. The summed E-state index contributed by atoms with van der Waals surface area (Å²) >= 11 is 0. The second-order valence-corrected chi connectivity index (χ2v) is 8.44. The Bertz CT molecular complexity index is 1460. The molecule has 0 saturated heterocycles. The number of nitrogens with one attached hydrogen (secondary N) is 1. The van der Waals surface area contributed by atoms with Crippen LogP contribution in [0, 0.1) is 5.41 Å². The van der Waals surface area contributed by atoms with E-state index in [1.165, 1.54) is 0 Å². The van der Waals surface area contributed by atoms with E-state index in [-0.39, 0.29) is 19.2 Å². The summed E-state index contributed by atoms with van der Waals surface area (Å²) < 4.78 is 1.95. The SMILES string of the molecule is CC(C)n1cnnc1-c1cccc(N2Cc3ccc(-c4ccc(C(=N)N=NN)cc4)cc3C2=O)n1.[HH]. The molecule has 0 fully saturated rings. The Labute approximate surface area is 203 Å². The summed E-state index contributed by atoms with van der Waals surface area (Å²) in [7, 11) is 0. The number of nitrogens with two attached hydrogens (primary N) is 1. The van der Waals surface area contributed by atoms with E-state index in [2.05, 4.69) is 34.4 Å². The Kier molecular flexibility index (Phi) is 5.61. The first-order chi connectivity index (χ1) is 17.0. The normalized spacial score (nSPS) is 13.1. The van der Waals surface area contributed by atoms with E-state index >= 15 is 0 Å². The number of amidine groups is 1. The highest BCUT2D eigenvalue weighted by Gasteiger charge is 2.30. The molecule has 2 aromatic heterocycles. The molecule has 10 heteroatoms. The van der Waals surface area contributed by atoms with Crippen molar-refractivity contribution in [1.29, 1.82) is 5.41 Å². The molecule has 0 spiro atoms. The minimum atomic E-state index is -0.0985. The lowest BCUT2D eigenvalue weighted by atomic mass is 9.99. The Morgan fingerprint density at radius 1 is 1.11 bits per heavy atom. The van der Waals surface area contributed by atoms with E-state index in [4.69, 9.17) is 16.2 Å². The van der Waals surface area contributed by atoms with Crippen LogP contribution in [0.5, 0.6) is 0 Å². The fraction of sp³-hybridized carbons (Fsp3) is 0.160. The molecule has 0 bridgehead atoms. The van der Waals surface area contributed by atoms with Gasteiger partial charge in [0, 0.05) is 18.6 Å². The number of carbonyl (C=O) groups excluding carboxylic acids is 1. The molecule has 0 saturated carbocycles. The molecular formula is C25H25N9O. The highest BCUT2D eigenvalue weighted by molar-refractivity contribution is 6.10. The van der Waals surface area contributed by atoms with E-state index in [1.54, 1.807) is 23.4 Å². The van der Waals surface area contributed by atoms with Crippen molar-refractivity contribution in [2.24, 2.45) is 16.2 Å². The fourth-order valence-electron chi connectivity index (χ4n) is 4.10. The molecular weight excluding hydrogens is 442 g/mol. The van der Waals surface area contributed by atoms with Crippen molar-refractivity contribution in [3.8, 4) is 22.6 Å². The zero-order valence-corrected chi connectivity index (χ0v) is 19.3. The third-order valence-electron chi connectivity index (χ3n) is 5.93. The Morgan fingerprint density at radius 3 is 2.63 bits per heavy atom. The molecule has 2 aromatic carbocycles. The number of amides is 1. The summed E-state index contributed by atoms with van der Waals surface area (Å²) in [6.07, 6.45) is 1.69. The van der Waals surface area contributed by atoms with Crippen molar-refractivity contribution in [3.63, 3.8) is 0 Å². The molecule has 0 aliphatic carbocycles. The second-order valence-electron chi connectivity index (χ2n) is 8.44. The van der Waals surface area contributed by atoms with E-state index in [0.717, 1.165) is 16.7 Å². The zero-order valence-electron chi connectivity index (χ0n) is 19.3. The topological polar surface area (TPSA) is 138 Å². The fourth-order valence-corrected chi connectivity index (χ4v) is 4.10. The van der Waals surface area contributed by atoms with E-state index < -0.39 is 0 Å². The number of pyridine rings is 1. The molecule has 0 radical (unpaired) electrons. The number of anilines is 1. The van der Waals surface area contributed by atoms with Crippen molar-refractivity contribution < 1.29 is 6.22 Å². The number of rotatable bonds is 5. The van der Waals surface area contributed by atoms with Gasteiger partial charge in [0.25, 0.3) is 5.91 Å². The predicted molar refractivity (Wildman–Crippen MR) is 134 cm³/mol. The van der Waals surface area contributed by atoms with Crippen molar-refractivity contribution >= 4 is 17.6 Å². The van der Waals surface area contributed by atoms with Crippen molar-refractivity contribution in [3.05, 3.63) is 83.7 Å². The number of carbonyl (C=O) groups is 1. The lowest BCUT2D eigenvalue weighted by Gasteiger charge is -2.16. The number of hydrogen-bond acceptors (Lipinski definition) is 6. The molecule has 176 valence electrons. The number of fused-ring (bicyclic) bond motifs is 1. The number of hydrogen-bond donors (Lipinski definition) is 2. The van der Waals surface area contributed by atoms with Gasteiger partial charge in [0.05, 0.1) is 6.54 Å². The summed E-state index contributed by atoms with van der Waals surface area (Å²) in [5, 5.41) is 22.8. The molecule has 0 atom stereocenters. The van der Waals surface area contributed by atoms with Gasteiger partial charge in [-0.25, -0.2) is 4.98 Å². The van der Waals surface area contributed by atoms with Gasteiger partial charge in [-0.1, -0.05) is 47.7 Å². The highest BCUT2D eigenvalue weighted by Crippen LogP contribution is 2.32. The second kappa shape index (κ2) is 8.90. The van der Waals surface area contributed by atoms with Gasteiger partial charge in [0.1, 0.15) is 17.8 Å². The highest BCUT2D eigenvalue weighted by atomic mass is 16.2. The molecule has 1 aliphatic rings.